The molecule has 4 aromatic rings. The van der Waals surface area contributed by atoms with E-state index in [9.17, 15) is 0 Å². The standard InChI is InChI=1S/C29H30N4OS/c1-18-13-19(2)15-23(14-18)33-28(27(31-29(33)35)26-11-6-7-12-30-26)25-16-20(3)32(21(25)4)22-9-8-10-24(17-22)34-5/h6-17,27-28H,1-5H3,(H,31,35). The van der Waals surface area contributed by atoms with Crippen LogP contribution in [0.1, 0.15) is 45.9 Å². The highest BCUT2D eigenvalue weighted by molar-refractivity contribution is 7.80. The lowest BCUT2D eigenvalue weighted by Gasteiger charge is -2.29. The number of benzene rings is 2. The number of thiocarbonyl (C=S) groups is 1. The second-order valence-electron chi connectivity index (χ2n) is 9.21. The van der Waals surface area contributed by atoms with Crippen LogP contribution in [0.2, 0.25) is 0 Å². The topological polar surface area (TPSA) is 42.3 Å². The van der Waals surface area contributed by atoms with Gasteiger partial charge in [-0.05, 0) is 99.1 Å². The zero-order valence-electron chi connectivity index (χ0n) is 20.7. The Kier molecular flexibility index (Phi) is 6.07. The first-order chi connectivity index (χ1) is 16.9. The van der Waals surface area contributed by atoms with Gasteiger partial charge in [0.05, 0.1) is 24.9 Å². The van der Waals surface area contributed by atoms with Crippen molar-refractivity contribution in [1.82, 2.24) is 14.9 Å². The Hall–Kier alpha value is -3.64. The number of methoxy groups -OCH3 is 1. The summed E-state index contributed by atoms with van der Waals surface area (Å²) in [4.78, 5) is 6.96. The molecule has 6 heteroatoms. The smallest absolute Gasteiger partial charge is 0.174 e. The lowest BCUT2D eigenvalue weighted by Crippen LogP contribution is -2.29. The lowest BCUT2D eigenvalue weighted by molar-refractivity contribution is 0.414. The zero-order chi connectivity index (χ0) is 24.7. The number of hydrogen-bond acceptors (Lipinski definition) is 3. The van der Waals surface area contributed by atoms with Crippen molar-refractivity contribution in [1.29, 1.82) is 0 Å². The van der Waals surface area contributed by atoms with Crippen LogP contribution in [0.4, 0.5) is 5.69 Å². The molecule has 178 valence electrons. The summed E-state index contributed by atoms with van der Waals surface area (Å²) in [6.07, 6.45) is 1.84. The summed E-state index contributed by atoms with van der Waals surface area (Å²) in [5, 5.41) is 4.30. The van der Waals surface area contributed by atoms with Crippen molar-refractivity contribution in [3.8, 4) is 11.4 Å². The monoisotopic (exact) mass is 482 g/mol. The van der Waals surface area contributed by atoms with Crippen LogP contribution in [0, 0.1) is 27.7 Å². The van der Waals surface area contributed by atoms with Crippen LogP contribution in [0.15, 0.2) is 72.9 Å². The van der Waals surface area contributed by atoms with Gasteiger partial charge in [-0.2, -0.15) is 0 Å². The highest BCUT2D eigenvalue weighted by atomic mass is 32.1. The van der Waals surface area contributed by atoms with Crippen LogP contribution in [0.25, 0.3) is 5.69 Å². The van der Waals surface area contributed by atoms with Gasteiger partial charge in [0, 0.05) is 35.0 Å². The Labute approximate surface area is 212 Å². The van der Waals surface area contributed by atoms with Gasteiger partial charge in [0.15, 0.2) is 5.11 Å². The fourth-order valence-electron chi connectivity index (χ4n) is 5.27. The van der Waals surface area contributed by atoms with E-state index < -0.39 is 0 Å². The summed E-state index contributed by atoms with van der Waals surface area (Å²) in [5.74, 6) is 0.837. The molecule has 5 rings (SSSR count). The Bertz CT molecular complexity index is 1380. The van der Waals surface area contributed by atoms with Crippen molar-refractivity contribution in [2.45, 2.75) is 39.8 Å². The number of anilines is 1. The minimum atomic E-state index is -0.0798. The molecule has 0 amide bonds. The zero-order valence-corrected chi connectivity index (χ0v) is 21.6. The van der Waals surface area contributed by atoms with Crippen molar-refractivity contribution < 1.29 is 4.74 Å². The number of ether oxygens (including phenoxy) is 1. The van der Waals surface area contributed by atoms with Gasteiger partial charge in [-0.25, -0.2) is 0 Å². The van der Waals surface area contributed by atoms with Crippen molar-refractivity contribution in [3.63, 3.8) is 0 Å². The van der Waals surface area contributed by atoms with Crippen LogP contribution in [-0.2, 0) is 0 Å². The molecular formula is C29H30N4OS. The number of nitrogens with zero attached hydrogens (tertiary/aromatic N) is 3. The van der Waals surface area contributed by atoms with Gasteiger partial charge >= 0.3 is 0 Å². The third-order valence-corrected chi connectivity index (χ3v) is 7.00. The molecule has 0 spiro atoms. The van der Waals surface area contributed by atoms with Crippen LogP contribution in [-0.4, -0.2) is 21.8 Å². The van der Waals surface area contributed by atoms with Gasteiger partial charge in [-0.15, -0.1) is 0 Å². The van der Waals surface area contributed by atoms with Gasteiger partial charge in [0.2, 0.25) is 0 Å². The molecule has 1 N–H and O–H groups in total. The number of aromatic nitrogens is 2. The van der Waals surface area contributed by atoms with E-state index in [2.05, 4.69) is 84.9 Å². The number of rotatable bonds is 5. The molecule has 1 aliphatic heterocycles. The quantitative estimate of drug-likeness (QED) is 0.339. The maximum absolute atomic E-state index is 5.94. The van der Waals surface area contributed by atoms with E-state index in [0.29, 0.717) is 5.11 Å². The third kappa shape index (κ3) is 4.19. The molecule has 35 heavy (non-hydrogen) atoms. The minimum Gasteiger partial charge on any atom is -0.497 e. The lowest BCUT2D eigenvalue weighted by atomic mass is 9.96. The Morgan fingerprint density at radius 3 is 2.34 bits per heavy atom. The summed E-state index contributed by atoms with van der Waals surface area (Å²) >= 11 is 5.94. The largest absolute Gasteiger partial charge is 0.497 e. The van der Waals surface area contributed by atoms with E-state index in [-0.39, 0.29) is 12.1 Å². The first kappa shape index (κ1) is 23.1. The molecule has 0 radical (unpaired) electrons. The predicted molar refractivity (Wildman–Crippen MR) is 146 cm³/mol. The summed E-state index contributed by atoms with van der Waals surface area (Å²) in [7, 11) is 1.70. The fraction of sp³-hybridized carbons (Fsp3) is 0.241. The average Bonchev–Trinajstić information content (AvgIpc) is 3.34. The van der Waals surface area contributed by atoms with Crippen molar-refractivity contribution in [3.05, 3.63) is 107 Å². The van der Waals surface area contributed by atoms with E-state index in [1.165, 1.54) is 22.4 Å². The highest BCUT2D eigenvalue weighted by Gasteiger charge is 2.42. The first-order valence-electron chi connectivity index (χ1n) is 11.8. The molecule has 1 saturated heterocycles. The number of nitrogens with one attached hydrogen (secondary N) is 1. The van der Waals surface area contributed by atoms with E-state index in [0.717, 1.165) is 28.5 Å². The maximum atomic E-state index is 5.94. The molecule has 2 atom stereocenters. The first-order valence-corrected chi connectivity index (χ1v) is 12.2. The molecule has 1 aliphatic rings. The van der Waals surface area contributed by atoms with Crippen molar-refractivity contribution >= 4 is 23.0 Å². The molecule has 3 heterocycles. The molecule has 5 nitrogen and oxygen atoms in total. The van der Waals surface area contributed by atoms with Crippen LogP contribution < -0.4 is 15.0 Å². The maximum Gasteiger partial charge on any atom is 0.174 e. The molecule has 2 aromatic carbocycles. The molecule has 0 saturated carbocycles. The predicted octanol–water partition coefficient (Wildman–Crippen LogP) is 6.29. The number of pyridine rings is 1. The third-order valence-electron chi connectivity index (χ3n) is 6.68. The Balaban J connectivity index is 1.69. The SMILES string of the molecule is COc1cccc(-n2c(C)cc(C3C(c4ccccn4)NC(=S)N3c3cc(C)cc(C)c3)c2C)c1. The normalized spacial score (nSPS) is 17.5. The molecular weight excluding hydrogens is 452 g/mol. The fourth-order valence-corrected chi connectivity index (χ4v) is 5.62. The van der Waals surface area contributed by atoms with Crippen molar-refractivity contribution in [2.75, 3.05) is 12.0 Å². The minimum absolute atomic E-state index is 0.0517. The van der Waals surface area contributed by atoms with Crippen LogP contribution >= 0.6 is 12.2 Å². The summed E-state index contributed by atoms with van der Waals surface area (Å²) in [5.41, 5.74) is 9.10. The van der Waals surface area contributed by atoms with Gasteiger partial charge in [0.25, 0.3) is 0 Å². The molecule has 2 unspecified atom stereocenters. The Morgan fingerprint density at radius 2 is 1.66 bits per heavy atom. The second-order valence-corrected chi connectivity index (χ2v) is 9.59. The van der Waals surface area contributed by atoms with Gasteiger partial charge in [0.1, 0.15) is 5.75 Å². The van der Waals surface area contributed by atoms with E-state index in [1.807, 2.05) is 30.5 Å². The van der Waals surface area contributed by atoms with Gasteiger partial charge < -0.3 is 19.5 Å². The van der Waals surface area contributed by atoms with Gasteiger partial charge in [-0.1, -0.05) is 18.2 Å². The van der Waals surface area contributed by atoms with E-state index >= 15 is 0 Å². The van der Waals surface area contributed by atoms with E-state index in [1.54, 1.807) is 7.11 Å². The molecule has 0 bridgehead atoms. The summed E-state index contributed by atoms with van der Waals surface area (Å²) in [6, 6.07) is 23.0. The summed E-state index contributed by atoms with van der Waals surface area (Å²) in [6.45, 7) is 8.58. The second kappa shape index (κ2) is 9.19. The summed E-state index contributed by atoms with van der Waals surface area (Å²) < 4.78 is 7.78. The Morgan fingerprint density at radius 1 is 0.886 bits per heavy atom. The number of aryl methyl sites for hydroxylation is 3. The van der Waals surface area contributed by atoms with E-state index in [4.69, 9.17) is 21.9 Å². The van der Waals surface area contributed by atoms with Crippen molar-refractivity contribution in [2.24, 2.45) is 0 Å². The van der Waals surface area contributed by atoms with Crippen LogP contribution in [0.5, 0.6) is 5.75 Å². The molecule has 1 fully saturated rings. The van der Waals surface area contributed by atoms with Crippen LogP contribution in [0.3, 0.4) is 0 Å². The highest BCUT2D eigenvalue weighted by Crippen LogP contribution is 2.44. The molecule has 0 aliphatic carbocycles. The molecule has 2 aromatic heterocycles. The number of hydrogen-bond donors (Lipinski definition) is 1. The average molecular weight is 483 g/mol. The van der Waals surface area contributed by atoms with Gasteiger partial charge in [-0.3, -0.25) is 4.98 Å².